The number of aromatic nitrogens is 2. The van der Waals surface area contributed by atoms with Crippen LogP contribution in [0.2, 0.25) is 0 Å². The number of carbonyl (C=O) groups is 1. The van der Waals surface area contributed by atoms with E-state index in [0.717, 1.165) is 33.2 Å². The van der Waals surface area contributed by atoms with E-state index in [1.807, 2.05) is 79.1 Å². The number of rotatable bonds is 8. The number of carbonyl (C=O) groups excluding carboxylic acids is 1. The fourth-order valence-electron chi connectivity index (χ4n) is 4.62. The fourth-order valence-corrected chi connectivity index (χ4v) is 4.62. The molecule has 0 radical (unpaired) electrons. The number of benzene rings is 3. The summed E-state index contributed by atoms with van der Waals surface area (Å²) in [6.45, 7) is 0.787. The highest BCUT2D eigenvalue weighted by molar-refractivity contribution is 5.88. The average molecular weight is 462 g/mol. The largest absolute Gasteiger partial charge is 0.361 e. The van der Waals surface area contributed by atoms with E-state index >= 15 is 0 Å². The van der Waals surface area contributed by atoms with Crippen molar-refractivity contribution < 1.29 is 4.79 Å². The summed E-state index contributed by atoms with van der Waals surface area (Å²) in [6.07, 6.45) is 4.09. The van der Waals surface area contributed by atoms with Crippen LogP contribution in [0.25, 0.3) is 10.9 Å². The van der Waals surface area contributed by atoms with Crippen LogP contribution in [0, 0.1) is 0 Å². The molecule has 0 saturated carbocycles. The number of fused-ring (bicyclic) bond motifs is 1. The maximum Gasteiger partial charge on any atom is 0.250 e. The normalized spacial score (nSPS) is 11.1. The molecule has 0 aliphatic rings. The van der Waals surface area contributed by atoms with Crippen LogP contribution < -0.4 is 10.9 Å². The minimum atomic E-state index is -0.0834. The summed E-state index contributed by atoms with van der Waals surface area (Å²) in [5.74, 6) is -0.0463. The van der Waals surface area contributed by atoms with E-state index in [4.69, 9.17) is 0 Å². The average Bonchev–Trinajstić information content (AvgIpc) is 3.37. The summed E-state index contributed by atoms with van der Waals surface area (Å²) in [7, 11) is 0. The molecule has 5 heteroatoms. The van der Waals surface area contributed by atoms with Gasteiger partial charge in [-0.05, 0) is 34.4 Å². The van der Waals surface area contributed by atoms with Gasteiger partial charge in [0.1, 0.15) is 0 Å². The molecule has 5 nitrogen and oxygen atoms in total. The molecule has 174 valence electrons. The van der Waals surface area contributed by atoms with Gasteiger partial charge in [-0.2, -0.15) is 0 Å². The second kappa shape index (κ2) is 10.3. The van der Waals surface area contributed by atoms with Gasteiger partial charge in [-0.25, -0.2) is 0 Å². The summed E-state index contributed by atoms with van der Waals surface area (Å²) in [4.78, 5) is 28.4. The van der Waals surface area contributed by atoms with Crippen molar-refractivity contribution in [3.63, 3.8) is 0 Å². The predicted molar refractivity (Wildman–Crippen MR) is 140 cm³/mol. The molecule has 0 atom stereocenters. The smallest absolute Gasteiger partial charge is 0.250 e. The minimum Gasteiger partial charge on any atom is -0.361 e. The monoisotopic (exact) mass is 461 g/mol. The van der Waals surface area contributed by atoms with Crippen LogP contribution in [0.3, 0.4) is 0 Å². The molecule has 0 unspecified atom stereocenters. The first-order chi connectivity index (χ1) is 17.2. The Bertz CT molecular complexity index is 1450. The molecule has 3 aromatic carbocycles. The molecule has 35 heavy (non-hydrogen) atoms. The van der Waals surface area contributed by atoms with Crippen molar-refractivity contribution in [1.82, 2.24) is 14.9 Å². The lowest BCUT2D eigenvalue weighted by Crippen LogP contribution is -2.31. The highest BCUT2D eigenvalue weighted by Crippen LogP contribution is 2.31. The Hall–Kier alpha value is -4.38. The first-order valence-electron chi connectivity index (χ1n) is 11.8. The third-order valence-corrected chi connectivity index (χ3v) is 6.32. The Kier molecular flexibility index (Phi) is 6.57. The van der Waals surface area contributed by atoms with Gasteiger partial charge in [0, 0.05) is 48.4 Å². The number of H-pyrrole nitrogens is 1. The van der Waals surface area contributed by atoms with Gasteiger partial charge in [0.2, 0.25) is 5.91 Å². The quantitative estimate of drug-likeness (QED) is 0.346. The Morgan fingerprint density at radius 2 is 1.51 bits per heavy atom. The van der Waals surface area contributed by atoms with Gasteiger partial charge in [0.05, 0.1) is 6.42 Å². The van der Waals surface area contributed by atoms with E-state index in [9.17, 15) is 9.59 Å². The van der Waals surface area contributed by atoms with Crippen molar-refractivity contribution in [3.05, 3.63) is 142 Å². The number of aromatic amines is 1. The number of pyridine rings is 1. The van der Waals surface area contributed by atoms with Crippen LogP contribution in [0.4, 0.5) is 0 Å². The Morgan fingerprint density at radius 3 is 2.23 bits per heavy atom. The second-order valence-corrected chi connectivity index (χ2v) is 8.63. The molecule has 2 heterocycles. The number of hydrogen-bond donors (Lipinski definition) is 2. The molecule has 0 aliphatic heterocycles. The van der Waals surface area contributed by atoms with Crippen molar-refractivity contribution in [2.75, 3.05) is 6.54 Å². The highest BCUT2D eigenvalue weighted by Gasteiger charge is 2.17. The molecule has 1 amide bonds. The van der Waals surface area contributed by atoms with Gasteiger partial charge < -0.3 is 14.9 Å². The van der Waals surface area contributed by atoms with E-state index in [0.29, 0.717) is 19.5 Å². The molecule has 5 rings (SSSR count). The topological polar surface area (TPSA) is 66.9 Å². The highest BCUT2D eigenvalue weighted by atomic mass is 16.1. The van der Waals surface area contributed by atoms with Crippen molar-refractivity contribution >= 4 is 16.8 Å². The first-order valence-corrected chi connectivity index (χ1v) is 11.8. The Labute approximate surface area is 204 Å². The van der Waals surface area contributed by atoms with Crippen molar-refractivity contribution in [3.8, 4) is 0 Å². The van der Waals surface area contributed by atoms with Crippen LogP contribution in [0.1, 0.15) is 28.2 Å². The van der Waals surface area contributed by atoms with Crippen LogP contribution >= 0.6 is 0 Å². The van der Waals surface area contributed by atoms with Crippen molar-refractivity contribution in [2.45, 2.75) is 18.9 Å². The number of hydrogen-bond acceptors (Lipinski definition) is 2. The van der Waals surface area contributed by atoms with E-state index < -0.39 is 0 Å². The number of nitrogens with zero attached hydrogens (tertiary/aromatic N) is 1. The molecule has 0 aliphatic carbocycles. The molecular formula is C30H27N3O2. The maximum atomic E-state index is 12.6. The lowest BCUT2D eigenvalue weighted by Gasteiger charge is -2.20. The Balaban J connectivity index is 1.31. The molecule has 2 N–H and O–H groups in total. The fraction of sp³-hybridized carbons (Fsp3) is 0.133. The van der Waals surface area contributed by atoms with Gasteiger partial charge in [0.15, 0.2) is 0 Å². The lowest BCUT2D eigenvalue weighted by molar-refractivity contribution is -0.120. The molecule has 0 saturated heterocycles. The van der Waals surface area contributed by atoms with E-state index in [1.165, 1.54) is 0 Å². The SMILES string of the molecule is O=C(Cc1cccc2[nH]ccc12)NCCn1cc(C(c2ccccc2)c2ccccc2)ccc1=O. The lowest BCUT2D eigenvalue weighted by atomic mass is 9.86. The summed E-state index contributed by atoms with van der Waals surface area (Å²) in [5, 5.41) is 4.02. The zero-order chi connectivity index (χ0) is 24.0. The molecule has 0 fully saturated rings. The van der Waals surface area contributed by atoms with Gasteiger partial charge in [0.25, 0.3) is 5.56 Å². The molecule has 5 aromatic rings. The number of nitrogens with one attached hydrogen (secondary N) is 2. The van der Waals surface area contributed by atoms with E-state index in [1.54, 1.807) is 10.6 Å². The van der Waals surface area contributed by atoms with Gasteiger partial charge >= 0.3 is 0 Å². The summed E-state index contributed by atoms with van der Waals surface area (Å²) >= 11 is 0. The minimum absolute atomic E-state index is 0.0145. The van der Waals surface area contributed by atoms with Crippen molar-refractivity contribution in [1.29, 1.82) is 0 Å². The van der Waals surface area contributed by atoms with Gasteiger partial charge in [-0.3, -0.25) is 9.59 Å². The third kappa shape index (κ3) is 5.09. The molecule has 0 spiro atoms. The van der Waals surface area contributed by atoms with E-state index in [-0.39, 0.29) is 17.4 Å². The first kappa shape index (κ1) is 22.4. The molecule has 2 aromatic heterocycles. The third-order valence-electron chi connectivity index (χ3n) is 6.32. The standard InChI is InChI=1S/C30H27N3O2/c34-28(20-24-12-7-13-27-26(24)16-17-31-27)32-18-19-33-21-25(14-15-29(33)35)30(22-8-3-1-4-9-22)23-10-5-2-6-11-23/h1-17,21,30-31H,18-20H2,(H,32,34). The molecular weight excluding hydrogens is 434 g/mol. The Morgan fingerprint density at radius 1 is 0.800 bits per heavy atom. The van der Waals surface area contributed by atoms with Crippen LogP contribution in [0.15, 0.2) is 114 Å². The second-order valence-electron chi connectivity index (χ2n) is 8.63. The number of amides is 1. The van der Waals surface area contributed by atoms with Crippen LogP contribution in [-0.2, 0) is 17.8 Å². The van der Waals surface area contributed by atoms with Crippen LogP contribution in [-0.4, -0.2) is 22.0 Å². The zero-order valence-corrected chi connectivity index (χ0v) is 19.4. The summed E-state index contributed by atoms with van der Waals surface area (Å²) < 4.78 is 1.68. The predicted octanol–water partition coefficient (Wildman–Crippen LogP) is 4.87. The van der Waals surface area contributed by atoms with Crippen LogP contribution in [0.5, 0.6) is 0 Å². The van der Waals surface area contributed by atoms with Gasteiger partial charge in [-0.1, -0.05) is 78.9 Å². The summed E-state index contributed by atoms with van der Waals surface area (Å²) in [5.41, 5.74) is 5.28. The molecule has 0 bridgehead atoms. The van der Waals surface area contributed by atoms with Crippen molar-refractivity contribution in [2.24, 2.45) is 0 Å². The zero-order valence-electron chi connectivity index (χ0n) is 19.4. The summed E-state index contributed by atoms with van der Waals surface area (Å²) in [6, 6.07) is 32.0. The van der Waals surface area contributed by atoms with E-state index in [2.05, 4.69) is 34.6 Å². The maximum absolute atomic E-state index is 12.6. The van der Waals surface area contributed by atoms with Gasteiger partial charge in [-0.15, -0.1) is 0 Å².